The Kier molecular flexibility index (Phi) is 2.83. The van der Waals surface area contributed by atoms with E-state index in [0.29, 0.717) is 19.8 Å². The second kappa shape index (κ2) is 3.92. The van der Waals surface area contributed by atoms with Crippen LogP contribution in [0.1, 0.15) is 6.42 Å². The molecule has 4 heteroatoms. The molecular formula is C9H18N2O2. The minimum absolute atomic E-state index is 0.0330. The predicted octanol–water partition coefficient (Wildman–Crippen LogP) is -0.564. The van der Waals surface area contributed by atoms with Crippen LogP contribution in [0.25, 0.3) is 0 Å². The van der Waals surface area contributed by atoms with E-state index < -0.39 is 0 Å². The van der Waals surface area contributed by atoms with Crippen LogP contribution in [0.4, 0.5) is 0 Å². The Morgan fingerprint density at radius 2 is 1.77 bits per heavy atom. The Labute approximate surface area is 79.0 Å². The van der Waals surface area contributed by atoms with Crippen molar-refractivity contribution in [3.05, 3.63) is 0 Å². The number of hydrogen-bond donors (Lipinski definition) is 1. The molecule has 2 rings (SSSR count). The Balaban J connectivity index is 2.01. The van der Waals surface area contributed by atoms with Crippen LogP contribution in [0.3, 0.4) is 0 Å². The van der Waals surface area contributed by atoms with Crippen LogP contribution in [-0.4, -0.2) is 56.5 Å². The van der Waals surface area contributed by atoms with Gasteiger partial charge in [0, 0.05) is 19.6 Å². The maximum absolute atomic E-state index is 5.82. The first-order valence-electron chi connectivity index (χ1n) is 4.98. The second-order valence-corrected chi connectivity index (χ2v) is 3.87. The summed E-state index contributed by atoms with van der Waals surface area (Å²) >= 11 is 0. The third kappa shape index (κ3) is 1.72. The Bertz CT molecular complexity index is 163. The maximum Gasteiger partial charge on any atom is 0.0802 e. The van der Waals surface area contributed by atoms with Crippen molar-refractivity contribution in [1.29, 1.82) is 0 Å². The average Bonchev–Trinajstić information content (AvgIpc) is 2.28. The smallest absolute Gasteiger partial charge is 0.0802 e. The summed E-state index contributed by atoms with van der Waals surface area (Å²) in [7, 11) is 0. The fraction of sp³-hybridized carbons (Fsp3) is 1.00. The van der Waals surface area contributed by atoms with Crippen LogP contribution in [0.5, 0.6) is 0 Å². The van der Waals surface area contributed by atoms with Crippen LogP contribution < -0.4 is 5.73 Å². The van der Waals surface area contributed by atoms with Crippen molar-refractivity contribution in [3.63, 3.8) is 0 Å². The summed E-state index contributed by atoms with van der Waals surface area (Å²) in [5, 5.41) is 0. The van der Waals surface area contributed by atoms with Crippen molar-refractivity contribution in [3.8, 4) is 0 Å². The lowest BCUT2D eigenvalue weighted by atomic mass is 9.95. The normalized spacial score (nSPS) is 29.3. The lowest BCUT2D eigenvalue weighted by Crippen LogP contribution is -2.63. The molecule has 2 heterocycles. The van der Waals surface area contributed by atoms with Gasteiger partial charge in [0.05, 0.1) is 32.0 Å². The zero-order valence-corrected chi connectivity index (χ0v) is 8.00. The average molecular weight is 186 g/mol. The minimum Gasteiger partial charge on any atom is -0.377 e. The highest BCUT2D eigenvalue weighted by atomic mass is 16.5. The summed E-state index contributed by atoms with van der Waals surface area (Å²) < 4.78 is 11.0. The molecule has 76 valence electrons. The van der Waals surface area contributed by atoms with E-state index in [9.17, 15) is 0 Å². The molecule has 13 heavy (non-hydrogen) atoms. The van der Waals surface area contributed by atoms with Gasteiger partial charge in [-0.25, -0.2) is 0 Å². The van der Waals surface area contributed by atoms with Gasteiger partial charge in [-0.05, 0) is 6.42 Å². The van der Waals surface area contributed by atoms with E-state index in [0.717, 1.165) is 26.3 Å². The van der Waals surface area contributed by atoms with Gasteiger partial charge in [0.25, 0.3) is 0 Å². The van der Waals surface area contributed by atoms with Crippen molar-refractivity contribution < 1.29 is 9.47 Å². The molecule has 0 spiro atoms. The monoisotopic (exact) mass is 186 g/mol. The third-order valence-corrected chi connectivity index (χ3v) is 3.02. The molecule has 0 aromatic carbocycles. The molecule has 2 aliphatic heterocycles. The van der Waals surface area contributed by atoms with E-state index in [-0.39, 0.29) is 5.54 Å². The fourth-order valence-electron chi connectivity index (χ4n) is 1.90. The summed E-state index contributed by atoms with van der Waals surface area (Å²) in [6.45, 7) is 5.78. The highest BCUT2D eigenvalue weighted by molar-refractivity contribution is 4.96. The molecule has 0 unspecified atom stereocenters. The summed E-state index contributed by atoms with van der Waals surface area (Å²) in [4.78, 5) is 2.39. The minimum atomic E-state index is -0.0330. The van der Waals surface area contributed by atoms with Crippen molar-refractivity contribution in [2.24, 2.45) is 5.73 Å². The summed E-state index contributed by atoms with van der Waals surface area (Å²) in [6.07, 6.45) is 1.28. The third-order valence-electron chi connectivity index (χ3n) is 3.02. The first-order chi connectivity index (χ1) is 6.37. The van der Waals surface area contributed by atoms with Gasteiger partial charge >= 0.3 is 0 Å². The number of ether oxygens (including phenoxy) is 2. The Hall–Kier alpha value is -0.160. The van der Waals surface area contributed by atoms with Crippen molar-refractivity contribution >= 4 is 0 Å². The summed E-state index contributed by atoms with van der Waals surface area (Å²) in [5.41, 5.74) is 5.78. The number of rotatable bonds is 2. The lowest BCUT2D eigenvalue weighted by Gasteiger charge is -2.47. The zero-order valence-electron chi connectivity index (χ0n) is 8.00. The van der Waals surface area contributed by atoms with E-state index >= 15 is 0 Å². The predicted molar refractivity (Wildman–Crippen MR) is 49.6 cm³/mol. The van der Waals surface area contributed by atoms with Gasteiger partial charge in [-0.15, -0.1) is 0 Å². The van der Waals surface area contributed by atoms with E-state index in [2.05, 4.69) is 4.90 Å². The highest BCUT2D eigenvalue weighted by Gasteiger charge is 2.40. The maximum atomic E-state index is 5.82. The molecule has 0 aromatic rings. The molecule has 2 saturated heterocycles. The molecule has 0 amide bonds. The molecule has 2 N–H and O–H groups in total. The molecule has 4 nitrogen and oxygen atoms in total. The molecule has 2 aliphatic rings. The number of nitrogens with two attached hydrogens (primary N) is 1. The van der Waals surface area contributed by atoms with Gasteiger partial charge in [0.15, 0.2) is 0 Å². The van der Waals surface area contributed by atoms with Gasteiger partial charge in [-0.1, -0.05) is 0 Å². The quantitative estimate of drug-likeness (QED) is 0.628. The van der Waals surface area contributed by atoms with E-state index in [1.165, 1.54) is 6.42 Å². The molecule has 0 aliphatic carbocycles. The molecule has 0 radical (unpaired) electrons. The van der Waals surface area contributed by atoms with Crippen molar-refractivity contribution in [2.45, 2.75) is 12.0 Å². The van der Waals surface area contributed by atoms with Crippen LogP contribution in [0.15, 0.2) is 0 Å². The van der Waals surface area contributed by atoms with Crippen LogP contribution in [0.2, 0.25) is 0 Å². The summed E-state index contributed by atoms with van der Waals surface area (Å²) in [5.74, 6) is 0. The first-order valence-corrected chi connectivity index (χ1v) is 4.98. The van der Waals surface area contributed by atoms with Gasteiger partial charge in [0.2, 0.25) is 0 Å². The zero-order chi connectivity index (χ0) is 9.15. The van der Waals surface area contributed by atoms with Gasteiger partial charge in [-0.2, -0.15) is 0 Å². The molecule has 0 aromatic heterocycles. The Morgan fingerprint density at radius 1 is 1.15 bits per heavy atom. The first kappa shape index (κ1) is 9.40. The molecule has 2 fully saturated rings. The van der Waals surface area contributed by atoms with Gasteiger partial charge < -0.3 is 15.2 Å². The highest BCUT2D eigenvalue weighted by Crippen LogP contribution is 2.23. The molecule has 0 saturated carbocycles. The molecular weight excluding hydrogens is 168 g/mol. The Morgan fingerprint density at radius 3 is 2.15 bits per heavy atom. The molecule has 0 atom stereocenters. The van der Waals surface area contributed by atoms with Crippen molar-refractivity contribution in [2.75, 3.05) is 46.1 Å². The second-order valence-electron chi connectivity index (χ2n) is 3.87. The van der Waals surface area contributed by atoms with E-state index in [4.69, 9.17) is 15.2 Å². The van der Waals surface area contributed by atoms with Crippen LogP contribution >= 0.6 is 0 Å². The summed E-state index contributed by atoms with van der Waals surface area (Å²) in [6, 6.07) is 0. The van der Waals surface area contributed by atoms with E-state index in [1.807, 2.05) is 0 Å². The van der Waals surface area contributed by atoms with Gasteiger partial charge in [-0.3, -0.25) is 4.90 Å². The van der Waals surface area contributed by atoms with E-state index in [1.54, 1.807) is 0 Å². The topological polar surface area (TPSA) is 47.7 Å². The van der Waals surface area contributed by atoms with Gasteiger partial charge in [0.1, 0.15) is 0 Å². The lowest BCUT2D eigenvalue weighted by molar-refractivity contribution is -0.0411. The molecule has 0 bridgehead atoms. The fourth-order valence-corrected chi connectivity index (χ4v) is 1.90. The SMILES string of the molecule is NCC1(N2CCC2)COCCOC1. The van der Waals surface area contributed by atoms with Crippen LogP contribution in [0, 0.1) is 0 Å². The number of likely N-dealkylation sites (tertiary alicyclic amines) is 1. The number of nitrogens with zero attached hydrogens (tertiary/aromatic N) is 1. The van der Waals surface area contributed by atoms with Crippen LogP contribution in [-0.2, 0) is 9.47 Å². The standard InChI is InChI=1S/C9H18N2O2/c10-6-9(11-2-1-3-11)7-12-4-5-13-8-9/h1-8,10H2. The largest absolute Gasteiger partial charge is 0.377 e. The van der Waals surface area contributed by atoms with Crippen molar-refractivity contribution in [1.82, 2.24) is 4.90 Å². The number of hydrogen-bond acceptors (Lipinski definition) is 4.